The molecule has 1 amide bonds. The Hall–Kier alpha value is -3.00. The van der Waals surface area contributed by atoms with Gasteiger partial charge in [0.1, 0.15) is 12.2 Å². The molecule has 0 saturated carbocycles. The third-order valence-electron chi connectivity index (χ3n) is 5.58. The fourth-order valence-electron chi connectivity index (χ4n) is 4.24. The molecule has 2 heterocycles. The van der Waals surface area contributed by atoms with Gasteiger partial charge < -0.3 is 29.6 Å². The summed E-state index contributed by atoms with van der Waals surface area (Å²) in [6.07, 6.45) is -0.0574. The van der Waals surface area contributed by atoms with Crippen LogP contribution in [0.15, 0.2) is 54.7 Å². The summed E-state index contributed by atoms with van der Waals surface area (Å²) in [5, 5.41) is 11.0. The van der Waals surface area contributed by atoms with Crippen molar-refractivity contribution in [1.29, 1.82) is 0 Å². The highest BCUT2D eigenvalue weighted by Gasteiger charge is 2.34. The van der Waals surface area contributed by atoms with Crippen LogP contribution in [-0.4, -0.2) is 35.9 Å². The molecule has 0 fully saturated rings. The average molecular weight is 457 g/mol. The molecule has 3 N–H and O–H groups in total. The summed E-state index contributed by atoms with van der Waals surface area (Å²) in [6.45, 7) is 0. The Morgan fingerprint density at radius 1 is 1.19 bits per heavy atom. The number of fused-ring (bicyclic) bond motifs is 3. The van der Waals surface area contributed by atoms with Crippen LogP contribution in [-0.2, 0) is 9.53 Å². The second-order valence-electron chi connectivity index (χ2n) is 7.65. The zero-order valence-electron chi connectivity index (χ0n) is 17.8. The fraction of sp³-hybridized carbons (Fsp3) is 0.292. The van der Waals surface area contributed by atoms with Gasteiger partial charge in [-0.25, -0.2) is 0 Å². The van der Waals surface area contributed by atoms with Crippen molar-refractivity contribution in [3.8, 4) is 17.2 Å². The van der Waals surface area contributed by atoms with Crippen molar-refractivity contribution in [2.45, 2.75) is 31.2 Å². The molecule has 1 aromatic heterocycles. The minimum Gasteiger partial charge on any atom is -0.493 e. The number of carbonyl (C=O) groups excluding carboxylic acids is 1. The van der Waals surface area contributed by atoms with E-state index in [-0.39, 0.29) is 12.8 Å². The lowest BCUT2D eigenvalue weighted by molar-refractivity contribution is -0.120. The van der Waals surface area contributed by atoms with Gasteiger partial charge in [-0.05, 0) is 36.4 Å². The van der Waals surface area contributed by atoms with E-state index in [1.807, 2.05) is 59.3 Å². The predicted molar refractivity (Wildman–Crippen MR) is 120 cm³/mol. The molecule has 7 nitrogen and oxygen atoms in total. The lowest BCUT2D eigenvalue weighted by atomic mass is 9.98. The lowest BCUT2D eigenvalue weighted by Gasteiger charge is -2.26. The number of para-hydroxylation sites is 1. The smallest absolute Gasteiger partial charge is 0.220 e. The Kier molecular flexibility index (Phi) is 6.41. The molecule has 0 aliphatic carbocycles. The molecule has 0 spiro atoms. The Labute approximate surface area is 191 Å². The fourth-order valence-corrected chi connectivity index (χ4v) is 4.42. The van der Waals surface area contributed by atoms with Crippen molar-refractivity contribution in [3.63, 3.8) is 0 Å². The van der Waals surface area contributed by atoms with E-state index in [0.717, 1.165) is 22.5 Å². The van der Waals surface area contributed by atoms with Gasteiger partial charge in [0.05, 0.1) is 38.1 Å². The Morgan fingerprint density at radius 3 is 2.72 bits per heavy atom. The number of aliphatic hydroxyl groups excluding tert-OH is 1. The van der Waals surface area contributed by atoms with Gasteiger partial charge in [0.15, 0.2) is 11.5 Å². The van der Waals surface area contributed by atoms with Gasteiger partial charge in [0.25, 0.3) is 0 Å². The third-order valence-corrected chi connectivity index (χ3v) is 5.82. The summed E-state index contributed by atoms with van der Waals surface area (Å²) in [5.74, 6) is 0.558. The van der Waals surface area contributed by atoms with E-state index in [4.69, 9.17) is 31.5 Å². The number of halogens is 1. The largest absolute Gasteiger partial charge is 0.493 e. The number of amides is 1. The molecular weight excluding hydrogens is 432 g/mol. The van der Waals surface area contributed by atoms with Gasteiger partial charge in [-0.2, -0.15) is 0 Å². The van der Waals surface area contributed by atoms with Gasteiger partial charge >= 0.3 is 0 Å². The summed E-state index contributed by atoms with van der Waals surface area (Å²) < 4.78 is 19.8. The number of aliphatic hydroxyl groups is 1. The van der Waals surface area contributed by atoms with E-state index in [1.165, 1.54) is 0 Å². The maximum atomic E-state index is 11.3. The van der Waals surface area contributed by atoms with E-state index in [9.17, 15) is 9.90 Å². The van der Waals surface area contributed by atoms with Crippen LogP contribution in [0.1, 0.15) is 41.9 Å². The first-order valence-corrected chi connectivity index (χ1v) is 10.6. The SMILES string of the molecule is COc1cccc([C@H]2O[C@H](CC(O)CC(N)=O)c3cccn3-c3ccc(Cl)cc32)c1OC. The van der Waals surface area contributed by atoms with Gasteiger partial charge in [-0.1, -0.05) is 23.7 Å². The zero-order valence-corrected chi connectivity index (χ0v) is 18.6. The molecule has 2 aromatic carbocycles. The van der Waals surface area contributed by atoms with Crippen LogP contribution in [0, 0.1) is 0 Å². The summed E-state index contributed by atoms with van der Waals surface area (Å²) in [5.41, 5.74) is 8.64. The van der Waals surface area contributed by atoms with Crippen LogP contribution >= 0.6 is 11.6 Å². The normalized spacial score (nSPS) is 18.2. The molecule has 1 aliphatic rings. The van der Waals surface area contributed by atoms with Crippen molar-refractivity contribution >= 4 is 17.5 Å². The number of nitrogens with zero attached hydrogens (tertiary/aromatic N) is 1. The number of nitrogens with two attached hydrogens (primary N) is 1. The summed E-state index contributed by atoms with van der Waals surface area (Å²) >= 11 is 6.38. The van der Waals surface area contributed by atoms with Gasteiger partial charge in [0.2, 0.25) is 5.91 Å². The molecule has 0 radical (unpaired) electrons. The summed E-state index contributed by atoms with van der Waals surface area (Å²) in [7, 11) is 3.16. The first-order valence-electron chi connectivity index (χ1n) is 10.2. The van der Waals surface area contributed by atoms with Crippen molar-refractivity contribution in [3.05, 3.63) is 76.6 Å². The van der Waals surface area contributed by atoms with Gasteiger partial charge in [-0.3, -0.25) is 4.79 Å². The van der Waals surface area contributed by atoms with Crippen molar-refractivity contribution in [2.24, 2.45) is 5.73 Å². The van der Waals surface area contributed by atoms with Crippen molar-refractivity contribution in [1.82, 2.24) is 4.57 Å². The maximum Gasteiger partial charge on any atom is 0.220 e. The van der Waals surface area contributed by atoms with Crippen LogP contribution in [0.3, 0.4) is 0 Å². The number of hydrogen-bond acceptors (Lipinski definition) is 5. The number of methoxy groups -OCH3 is 2. The molecule has 32 heavy (non-hydrogen) atoms. The quantitative estimate of drug-likeness (QED) is 0.561. The highest BCUT2D eigenvalue weighted by molar-refractivity contribution is 6.30. The monoisotopic (exact) mass is 456 g/mol. The number of ether oxygens (including phenoxy) is 3. The van der Waals surface area contributed by atoms with E-state index in [1.54, 1.807) is 14.2 Å². The Balaban J connectivity index is 1.87. The van der Waals surface area contributed by atoms with E-state index in [0.29, 0.717) is 16.5 Å². The standard InChI is InChI=1S/C24H25ClN2O5/c1-30-20-7-3-5-16(24(20)31-2)23-17-11-14(25)8-9-18(17)27-10-4-6-19(27)21(32-23)12-15(28)13-22(26)29/h3-11,15,21,23,28H,12-13H2,1-2H3,(H2,26,29)/t15?,21-,23-/m1/s1. The second-order valence-corrected chi connectivity index (χ2v) is 8.09. The van der Waals surface area contributed by atoms with Crippen LogP contribution in [0.4, 0.5) is 0 Å². The molecule has 8 heteroatoms. The molecule has 0 bridgehead atoms. The number of aromatic nitrogens is 1. The molecule has 168 valence electrons. The molecule has 0 saturated heterocycles. The van der Waals surface area contributed by atoms with E-state index < -0.39 is 24.2 Å². The van der Waals surface area contributed by atoms with Gasteiger partial charge in [-0.15, -0.1) is 0 Å². The van der Waals surface area contributed by atoms with Crippen LogP contribution in [0.2, 0.25) is 5.02 Å². The minimum absolute atomic E-state index is 0.146. The average Bonchev–Trinajstić information content (AvgIpc) is 3.21. The third kappa shape index (κ3) is 4.19. The molecule has 1 aliphatic heterocycles. The molecule has 3 atom stereocenters. The Morgan fingerprint density at radius 2 is 2.00 bits per heavy atom. The van der Waals surface area contributed by atoms with Crippen molar-refractivity contribution in [2.75, 3.05) is 14.2 Å². The van der Waals surface area contributed by atoms with Crippen molar-refractivity contribution < 1.29 is 24.1 Å². The van der Waals surface area contributed by atoms with Crippen LogP contribution in [0.25, 0.3) is 5.69 Å². The van der Waals surface area contributed by atoms with Crippen LogP contribution < -0.4 is 15.2 Å². The molecule has 1 unspecified atom stereocenters. The van der Waals surface area contributed by atoms with Gasteiger partial charge in [0, 0.05) is 28.8 Å². The number of carbonyl (C=O) groups is 1. The molecule has 4 rings (SSSR count). The summed E-state index contributed by atoms with van der Waals surface area (Å²) in [4.78, 5) is 11.3. The highest BCUT2D eigenvalue weighted by atomic mass is 35.5. The highest BCUT2D eigenvalue weighted by Crippen LogP contribution is 2.46. The molecule has 3 aromatic rings. The lowest BCUT2D eigenvalue weighted by Crippen LogP contribution is -2.23. The first-order chi connectivity index (χ1) is 15.4. The van der Waals surface area contributed by atoms with Crippen LogP contribution in [0.5, 0.6) is 11.5 Å². The maximum absolute atomic E-state index is 11.3. The molecular formula is C24H25ClN2O5. The number of rotatable bonds is 7. The minimum atomic E-state index is -0.946. The second kappa shape index (κ2) is 9.24. The number of benzene rings is 2. The summed E-state index contributed by atoms with van der Waals surface area (Å²) in [6, 6.07) is 15.1. The topological polar surface area (TPSA) is 95.9 Å². The zero-order chi connectivity index (χ0) is 22.8. The number of hydrogen-bond donors (Lipinski definition) is 2. The van der Waals surface area contributed by atoms with E-state index in [2.05, 4.69) is 0 Å². The Bertz CT molecular complexity index is 1130. The first kappa shape index (κ1) is 22.2. The number of primary amides is 1. The van der Waals surface area contributed by atoms with E-state index >= 15 is 0 Å². The predicted octanol–water partition coefficient (Wildman–Crippen LogP) is 3.94.